The van der Waals surface area contributed by atoms with E-state index in [-0.39, 0.29) is 0 Å². The van der Waals surface area contributed by atoms with Crippen molar-refractivity contribution >= 4 is 5.96 Å². The number of aliphatic imine (C=N–C) groups is 1. The smallest absolute Gasteiger partial charge is 0.191 e. The van der Waals surface area contributed by atoms with Gasteiger partial charge in [-0.25, -0.2) is 4.99 Å². The molecule has 3 heteroatoms. The summed E-state index contributed by atoms with van der Waals surface area (Å²) >= 11 is 0. The highest BCUT2D eigenvalue weighted by molar-refractivity contribution is 5.78. The monoisotopic (exact) mass is 223 g/mol. The normalized spacial score (nSPS) is 25.5. The second kappa shape index (κ2) is 5.07. The first-order chi connectivity index (χ1) is 7.68. The Morgan fingerprint density at radius 2 is 1.81 bits per heavy atom. The Hall–Kier alpha value is -0.730. The molecule has 1 atom stereocenters. The molecule has 2 aliphatic carbocycles. The molecule has 2 rings (SSSR count). The molecule has 0 radical (unpaired) electrons. The molecular formula is C13H25N3. The van der Waals surface area contributed by atoms with Gasteiger partial charge in [-0.1, -0.05) is 19.3 Å². The summed E-state index contributed by atoms with van der Waals surface area (Å²) in [5.41, 5.74) is 6.09. The van der Waals surface area contributed by atoms with Gasteiger partial charge < -0.3 is 10.6 Å². The summed E-state index contributed by atoms with van der Waals surface area (Å²) < 4.78 is 0. The molecule has 16 heavy (non-hydrogen) atoms. The maximum absolute atomic E-state index is 6.09. The second-order valence-electron chi connectivity index (χ2n) is 5.47. The molecule has 0 aromatic heterocycles. The highest BCUT2D eigenvalue weighted by atomic mass is 15.3. The summed E-state index contributed by atoms with van der Waals surface area (Å²) in [4.78, 5) is 6.86. The Morgan fingerprint density at radius 3 is 2.38 bits per heavy atom. The van der Waals surface area contributed by atoms with Crippen molar-refractivity contribution in [2.45, 2.75) is 64.0 Å². The average molecular weight is 223 g/mol. The van der Waals surface area contributed by atoms with Crippen LogP contribution < -0.4 is 5.73 Å². The third kappa shape index (κ3) is 2.89. The number of guanidine groups is 1. The molecule has 2 fully saturated rings. The lowest BCUT2D eigenvalue weighted by Gasteiger charge is -2.27. The number of hydrogen-bond acceptors (Lipinski definition) is 1. The van der Waals surface area contributed by atoms with E-state index in [0.717, 1.165) is 11.9 Å². The number of nitrogens with zero attached hydrogens (tertiary/aromatic N) is 2. The summed E-state index contributed by atoms with van der Waals surface area (Å²) in [6.07, 6.45) is 9.20. The molecule has 2 saturated carbocycles. The van der Waals surface area contributed by atoms with Crippen LogP contribution in [0.5, 0.6) is 0 Å². The zero-order valence-electron chi connectivity index (χ0n) is 10.7. The first-order valence-corrected chi connectivity index (χ1v) is 6.74. The van der Waals surface area contributed by atoms with Crippen LogP contribution in [0.4, 0.5) is 0 Å². The quantitative estimate of drug-likeness (QED) is 0.589. The highest BCUT2D eigenvalue weighted by Crippen LogP contribution is 2.34. The van der Waals surface area contributed by atoms with E-state index < -0.39 is 0 Å². The van der Waals surface area contributed by atoms with Gasteiger partial charge in [0.25, 0.3) is 0 Å². The molecule has 2 N–H and O–H groups in total. The molecule has 1 unspecified atom stereocenters. The Balaban J connectivity index is 1.88. The largest absolute Gasteiger partial charge is 0.370 e. The van der Waals surface area contributed by atoms with Gasteiger partial charge in [0.05, 0.1) is 6.04 Å². The molecule has 0 aromatic carbocycles. The van der Waals surface area contributed by atoms with E-state index in [2.05, 4.69) is 23.9 Å². The molecule has 0 heterocycles. The van der Waals surface area contributed by atoms with Crippen LogP contribution in [0.2, 0.25) is 0 Å². The van der Waals surface area contributed by atoms with Crippen LogP contribution in [0.25, 0.3) is 0 Å². The van der Waals surface area contributed by atoms with E-state index in [0.29, 0.717) is 12.1 Å². The minimum atomic E-state index is 0.489. The van der Waals surface area contributed by atoms with Crippen LogP contribution in [0.15, 0.2) is 4.99 Å². The second-order valence-corrected chi connectivity index (χ2v) is 5.47. The van der Waals surface area contributed by atoms with Crippen LogP contribution in [-0.2, 0) is 0 Å². The molecule has 0 saturated heterocycles. The van der Waals surface area contributed by atoms with Crippen molar-refractivity contribution in [1.29, 1.82) is 0 Å². The van der Waals surface area contributed by atoms with E-state index >= 15 is 0 Å². The van der Waals surface area contributed by atoms with Gasteiger partial charge in [-0.15, -0.1) is 0 Å². The topological polar surface area (TPSA) is 41.6 Å². The molecular weight excluding hydrogens is 198 g/mol. The van der Waals surface area contributed by atoms with Gasteiger partial charge in [0.15, 0.2) is 5.96 Å². The minimum absolute atomic E-state index is 0.489. The maximum Gasteiger partial charge on any atom is 0.191 e. The van der Waals surface area contributed by atoms with Gasteiger partial charge in [-0.05, 0) is 38.5 Å². The van der Waals surface area contributed by atoms with Gasteiger partial charge in [-0.2, -0.15) is 0 Å². The molecule has 0 aliphatic heterocycles. The Bertz CT molecular complexity index is 252. The van der Waals surface area contributed by atoms with E-state index in [1.165, 1.54) is 44.9 Å². The van der Waals surface area contributed by atoms with Crippen LogP contribution >= 0.6 is 0 Å². The van der Waals surface area contributed by atoms with Crippen LogP contribution in [-0.4, -0.2) is 30.0 Å². The van der Waals surface area contributed by atoms with E-state index in [1.54, 1.807) is 0 Å². The average Bonchev–Trinajstić information content (AvgIpc) is 3.12. The van der Waals surface area contributed by atoms with Gasteiger partial charge in [-0.3, -0.25) is 0 Å². The predicted octanol–water partition coefficient (Wildman–Crippen LogP) is 2.36. The third-order valence-corrected chi connectivity index (χ3v) is 4.17. The van der Waals surface area contributed by atoms with E-state index in [4.69, 9.17) is 5.73 Å². The van der Waals surface area contributed by atoms with Crippen LogP contribution in [0.1, 0.15) is 51.9 Å². The minimum Gasteiger partial charge on any atom is -0.370 e. The third-order valence-electron chi connectivity index (χ3n) is 4.17. The lowest BCUT2D eigenvalue weighted by atomic mass is 9.96. The zero-order chi connectivity index (χ0) is 11.5. The van der Waals surface area contributed by atoms with Gasteiger partial charge in [0.2, 0.25) is 0 Å². The molecule has 3 nitrogen and oxygen atoms in total. The number of hydrogen-bond donors (Lipinski definition) is 1. The molecule has 0 spiro atoms. The van der Waals surface area contributed by atoms with Crippen LogP contribution in [0, 0.1) is 5.92 Å². The molecule has 0 aromatic rings. The Kier molecular flexibility index (Phi) is 3.72. The Morgan fingerprint density at radius 1 is 1.19 bits per heavy atom. The summed E-state index contributed by atoms with van der Waals surface area (Å²) in [6.45, 7) is 2.26. The van der Waals surface area contributed by atoms with Crippen molar-refractivity contribution in [2.75, 3.05) is 7.05 Å². The first kappa shape index (κ1) is 11.7. The van der Waals surface area contributed by atoms with Crippen molar-refractivity contribution in [3.05, 3.63) is 0 Å². The summed E-state index contributed by atoms with van der Waals surface area (Å²) in [6, 6.07) is 1.05. The summed E-state index contributed by atoms with van der Waals surface area (Å²) in [5.74, 6) is 1.61. The first-order valence-electron chi connectivity index (χ1n) is 6.74. The summed E-state index contributed by atoms with van der Waals surface area (Å²) in [5, 5.41) is 0. The fraction of sp³-hybridized carbons (Fsp3) is 0.923. The van der Waals surface area contributed by atoms with E-state index in [9.17, 15) is 0 Å². The van der Waals surface area contributed by atoms with Crippen LogP contribution in [0.3, 0.4) is 0 Å². The lowest BCUT2D eigenvalue weighted by molar-refractivity contribution is 0.344. The fourth-order valence-electron chi connectivity index (χ4n) is 2.59. The lowest BCUT2D eigenvalue weighted by Crippen LogP contribution is -2.42. The standard InChI is InChI=1S/C13H25N3/c1-10(11-8-9-11)16(2)13(14)15-12-6-4-3-5-7-12/h10-12H,3-9H2,1-2H3,(H2,14,15). The number of nitrogens with two attached hydrogens (primary N) is 1. The predicted molar refractivity (Wildman–Crippen MR) is 68.4 cm³/mol. The highest BCUT2D eigenvalue weighted by Gasteiger charge is 2.31. The van der Waals surface area contributed by atoms with Gasteiger partial charge in [0.1, 0.15) is 0 Å². The molecule has 92 valence electrons. The fourth-order valence-corrected chi connectivity index (χ4v) is 2.59. The SMILES string of the molecule is CC(C1CC1)N(C)C(N)=NC1CCCCC1. The molecule has 0 amide bonds. The molecule has 2 aliphatic rings. The van der Waals surface area contributed by atoms with Crippen molar-refractivity contribution < 1.29 is 0 Å². The van der Waals surface area contributed by atoms with Crippen molar-refractivity contribution in [3.8, 4) is 0 Å². The Labute approximate surface area is 99.1 Å². The number of rotatable bonds is 3. The van der Waals surface area contributed by atoms with Crippen molar-refractivity contribution in [3.63, 3.8) is 0 Å². The van der Waals surface area contributed by atoms with E-state index in [1.807, 2.05) is 0 Å². The van der Waals surface area contributed by atoms with Crippen molar-refractivity contribution in [2.24, 2.45) is 16.6 Å². The zero-order valence-corrected chi connectivity index (χ0v) is 10.7. The summed E-state index contributed by atoms with van der Waals surface area (Å²) in [7, 11) is 2.09. The van der Waals surface area contributed by atoms with Gasteiger partial charge >= 0.3 is 0 Å². The maximum atomic E-state index is 6.09. The van der Waals surface area contributed by atoms with Gasteiger partial charge in [0, 0.05) is 13.1 Å². The van der Waals surface area contributed by atoms with Crippen molar-refractivity contribution in [1.82, 2.24) is 4.90 Å². The molecule has 0 bridgehead atoms.